The molecule has 1 N–H and O–H groups in total. The minimum atomic E-state index is 0.544. The second-order valence-corrected chi connectivity index (χ2v) is 6.45. The minimum absolute atomic E-state index is 0.544. The molecule has 1 saturated carbocycles. The number of hydrogen-bond donors (Lipinski definition) is 1. The van der Waals surface area contributed by atoms with Crippen LogP contribution in [-0.2, 0) is 17.9 Å². The normalized spacial score (nSPS) is 14.7. The molecule has 0 bridgehead atoms. The van der Waals surface area contributed by atoms with Crippen LogP contribution in [0.1, 0.15) is 23.4 Å². The van der Waals surface area contributed by atoms with E-state index >= 15 is 0 Å². The third kappa shape index (κ3) is 3.20. The summed E-state index contributed by atoms with van der Waals surface area (Å²) in [6, 6.07) is 8.52. The van der Waals surface area contributed by atoms with Gasteiger partial charge in [0.1, 0.15) is 5.01 Å². The number of hydrogen-bond acceptors (Lipinski definition) is 4. The zero-order valence-corrected chi connectivity index (χ0v) is 12.9. The van der Waals surface area contributed by atoms with E-state index in [4.69, 9.17) is 21.3 Å². The van der Waals surface area contributed by atoms with Crippen LogP contribution in [0.15, 0.2) is 24.3 Å². The summed E-state index contributed by atoms with van der Waals surface area (Å²) in [5, 5.41) is 5.24. The maximum Gasteiger partial charge on any atom is 0.125 e. The van der Waals surface area contributed by atoms with Gasteiger partial charge >= 0.3 is 0 Å². The maximum absolute atomic E-state index is 6.25. The molecule has 0 unspecified atom stereocenters. The molecule has 3 rings (SSSR count). The smallest absolute Gasteiger partial charge is 0.125 e. The van der Waals surface area contributed by atoms with E-state index in [1.54, 1.807) is 18.4 Å². The van der Waals surface area contributed by atoms with Gasteiger partial charge in [0.25, 0.3) is 0 Å². The van der Waals surface area contributed by atoms with Crippen molar-refractivity contribution in [3.63, 3.8) is 0 Å². The Kier molecular flexibility index (Phi) is 4.36. The van der Waals surface area contributed by atoms with Crippen molar-refractivity contribution in [3.05, 3.63) is 39.9 Å². The highest BCUT2D eigenvalue weighted by atomic mass is 35.5. The van der Waals surface area contributed by atoms with Gasteiger partial charge in [0.15, 0.2) is 0 Å². The molecular weight excluding hydrogens is 292 g/mol. The van der Waals surface area contributed by atoms with Crippen molar-refractivity contribution in [2.75, 3.05) is 7.11 Å². The number of nitrogens with zero attached hydrogens (tertiary/aromatic N) is 1. The van der Waals surface area contributed by atoms with Crippen LogP contribution >= 0.6 is 22.9 Å². The van der Waals surface area contributed by atoms with Gasteiger partial charge < -0.3 is 10.1 Å². The monoisotopic (exact) mass is 308 g/mol. The fourth-order valence-electron chi connectivity index (χ4n) is 2.05. The SMILES string of the molecule is COCc1nc(-c2ccccc2Cl)sc1CNC1CC1. The quantitative estimate of drug-likeness (QED) is 0.880. The Morgan fingerprint density at radius 1 is 1.40 bits per heavy atom. The molecule has 0 aliphatic heterocycles. The van der Waals surface area contributed by atoms with E-state index < -0.39 is 0 Å². The molecule has 0 atom stereocenters. The summed E-state index contributed by atoms with van der Waals surface area (Å²) in [5.41, 5.74) is 2.01. The average molecular weight is 309 g/mol. The second kappa shape index (κ2) is 6.22. The molecule has 1 heterocycles. The van der Waals surface area contributed by atoms with Crippen LogP contribution in [-0.4, -0.2) is 18.1 Å². The summed E-state index contributed by atoms with van der Waals surface area (Å²) in [6.45, 7) is 1.41. The van der Waals surface area contributed by atoms with Gasteiger partial charge in [-0.1, -0.05) is 29.8 Å². The van der Waals surface area contributed by atoms with Crippen molar-refractivity contribution >= 4 is 22.9 Å². The third-order valence-electron chi connectivity index (χ3n) is 3.29. The number of rotatable bonds is 6. The van der Waals surface area contributed by atoms with Crippen molar-refractivity contribution in [1.29, 1.82) is 0 Å². The number of ether oxygens (including phenoxy) is 1. The molecule has 0 amide bonds. The standard InChI is InChI=1S/C15H17ClN2OS/c1-19-9-13-14(8-17-10-6-7-10)20-15(18-13)11-4-2-3-5-12(11)16/h2-5,10,17H,6-9H2,1H3. The van der Waals surface area contributed by atoms with E-state index in [2.05, 4.69) is 5.32 Å². The van der Waals surface area contributed by atoms with Crippen molar-refractivity contribution in [3.8, 4) is 10.6 Å². The van der Waals surface area contributed by atoms with E-state index in [0.29, 0.717) is 12.6 Å². The lowest BCUT2D eigenvalue weighted by Gasteiger charge is -2.02. The molecule has 1 aromatic heterocycles. The Morgan fingerprint density at radius 2 is 2.20 bits per heavy atom. The van der Waals surface area contributed by atoms with Crippen LogP contribution in [0.3, 0.4) is 0 Å². The first-order valence-corrected chi connectivity index (χ1v) is 7.93. The molecule has 1 fully saturated rings. The first kappa shape index (κ1) is 14.0. The number of nitrogens with one attached hydrogen (secondary N) is 1. The largest absolute Gasteiger partial charge is 0.378 e. The van der Waals surface area contributed by atoms with Crippen molar-refractivity contribution in [2.45, 2.75) is 32.0 Å². The van der Waals surface area contributed by atoms with Gasteiger partial charge in [-0.05, 0) is 18.9 Å². The van der Waals surface area contributed by atoms with Crippen LogP contribution in [0, 0.1) is 0 Å². The molecule has 1 aliphatic carbocycles. The lowest BCUT2D eigenvalue weighted by atomic mass is 10.2. The Bertz CT molecular complexity index is 595. The van der Waals surface area contributed by atoms with Gasteiger partial charge in [0.05, 0.1) is 17.3 Å². The molecular formula is C15H17ClN2OS. The Morgan fingerprint density at radius 3 is 2.90 bits per heavy atom. The summed E-state index contributed by atoms with van der Waals surface area (Å²) in [4.78, 5) is 5.94. The highest BCUT2D eigenvalue weighted by molar-refractivity contribution is 7.15. The van der Waals surface area contributed by atoms with E-state index in [1.807, 2.05) is 24.3 Å². The second-order valence-electron chi connectivity index (χ2n) is 4.96. The van der Waals surface area contributed by atoms with E-state index in [-0.39, 0.29) is 0 Å². The predicted octanol–water partition coefficient (Wildman–Crippen LogP) is 3.86. The fraction of sp³-hybridized carbons (Fsp3) is 0.400. The van der Waals surface area contributed by atoms with Crippen molar-refractivity contribution < 1.29 is 4.74 Å². The molecule has 5 heteroatoms. The molecule has 0 radical (unpaired) electrons. The van der Waals surface area contributed by atoms with Gasteiger partial charge in [0, 0.05) is 30.1 Å². The maximum atomic E-state index is 6.25. The van der Waals surface area contributed by atoms with E-state index in [1.165, 1.54) is 17.7 Å². The summed E-state index contributed by atoms with van der Waals surface area (Å²) in [5.74, 6) is 0. The van der Waals surface area contributed by atoms with Crippen LogP contribution in [0.2, 0.25) is 5.02 Å². The van der Waals surface area contributed by atoms with Gasteiger partial charge in [-0.25, -0.2) is 4.98 Å². The number of methoxy groups -OCH3 is 1. The summed E-state index contributed by atoms with van der Waals surface area (Å²) >= 11 is 7.95. The van der Waals surface area contributed by atoms with Gasteiger partial charge in [-0.15, -0.1) is 11.3 Å². The van der Waals surface area contributed by atoms with E-state index in [9.17, 15) is 0 Å². The predicted molar refractivity (Wildman–Crippen MR) is 83.1 cm³/mol. The van der Waals surface area contributed by atoms with Crippen LogP contribution in [0.4, 0.5) is 0 Å². The molecule has 1 aromatic carbocycles. The molecule has 0 saturated heterocycles. The average Bonchev–Trinajstić information content (AvgIpc) is 3.19. The molecule has 20 heavy (non-hydrogen) atoms. The van der Waals surface area contributed by atoms with Crippen LogP contribution in [0.5, 0.6) is 0 Å². The van der Waals surface area contributed by atoms with Crippen molar-refractivity contribution in [2.24, 2.45) is 0 Å². The summed E-state index contributed by atoms with van der Waals surface area (Å²) in [7, 11) is 1.70. The minimum Gasteiger partial charge on any atom is -0.378 e. The van der Waals surface area contributed by atoms with Gasteiger partial charge in [-0.2, -0.15) is 0 Å². The number of halogens is 1. The molecule has 2 aromatic rings. The Labute approximate surface area is 127 Å². The van der Waals surface area contributed by atoms with Crippen molar-refractivity contribution in [1.82, 2.24) is 10.3 Å². The number of benzene rings is 1. The van der Waals surface area contributed by atoms with Gasteiger partial charge in [-0.3, -0.25) is 0 Å². The topological polar surface area (TPSA) is 34.1 Å². The Balaban J connectivity index is 1.87. The first-order chi connectivity index (χ1) is 9.78. The van der Waals surface area contributed by atoms with Crippen LogP contribution < -0.4 is 5.32 Å². The zero-order chi connectivity index (χ0) is 13.9. The Hall–Kier alpha value is -0.940. The summed E-state index contributed by atoms with van der Waals surface area (Å²) in [6.07, 6.45) is 2.57. The van der Waals surface area contributed by atoms with E-state index in [0.717, 1.165) is 27.8 Å². The van der Waals surface area contributed by atoms with Gasteiger partial charge in [0.2, 0.25) is 0 Å². The highest BCUT2D eigenvalue weighted by Gasteiger charge is 2.22. The summed E-state index contributed by atoms with van der Waals surface area (Å²) < 4.78 is 5.25. The molecule has 106 valence electrons. The lowest BCUT2D eigenvalue weighted by molar-refractivity contribution is 0.181. The molecule has 3 nitrogen and oxygen atoms in total. The first-order valence-electron chi connectivity index (χ1n) is 6.73. The molecule has 0 spiro atoms. The van der Waals surface area contributed by atoms with Crippen LogP contribution in [0.25, 0.3) is 10.6 Å². The fourth-order valence-corrected chi connectivity index (χ4v) is 3.38. The zero-order valence-electron chi connectivity index (χ0n) is 11.4. The highest BCUT2D eigenvalue weighted by Crippen LogP contribution is 2.33. The third-order valence-corrected chi connectivity index (χ3v) is 4.75. The lowest BCUT2D eigenvalue weighted by Crippen LogP contribution is -2.15. The number of thiazole rings is 1. The number of aromatic nitrogens is 1. The molecule has 1 aliphatic rings.